The van der Waals surface area contributed by atoms with Gasteiger partial charge in [0.05, 0.1) is 27.6 Å². The number of carbonyl (C=O) groups excluding carboxylic acids is 1. The van der Waals surface area contributed by atoms with Crippen LogP contribution in [-0.2, 0) is 0 Å². The normalized spacial score (nSPS) is 15.5. The summed E-state index contributed by atoms with van der Waals surface area (Å²) in [6.45, 7) is 1.79. The number of carbonyl (C=O) groups is 1. The molecule has 0 saturated heterocycles. The van der Waals surface area contributed by atoms with E-state index in [4.69, 9.17) is 16.0 Å². The van der Waals surface area contributed by atoms with Crippen molar-refractivity contribution in [2.75, 3.05) is 4.90 Å². The van der Waals surface area contributed by atoms with Crippen LogP contribution in [0.4, 0.5) is 10.8 Å². The highest BCUT2D eigenvalue weighted by molar-refractivity contribution is 7.14. The number of rotatable bonds is 3. The lowest BCUT2D eigenvalue weighted by molar-refractivity contribution is -0.384. The van der Waals surface area contributed by atoms with Gasteiger partial charge in [0, 0.05) is 22.5 Å². The van der Waals surface area contributed by atoms with Crippen LogP contribution in [0, 0.1) is 17.0 Å². The van der Waals surface area contributed by atoms with Crippen molar-refractivity contribution >= 4 is 50.6 Å². The van der Waals surface area contributed by atoms with Crippen molar-refractivity contribution in [1.29, 1.82) is 0 Å². The topological polar surface area (TPSA) is 107 Å². The molecule has 0 N–H and O–H groups in total. The van der Waals surface area contributed by atoms with Crippen LogP contribution in [0.1, 0.15) is 33.4 Å². The van der Waals surface area contributed by atoms with Gasteiger partial charge in [0.15, 0.2) is 10.6 Å². The molecule has 1 aliphatic rings. The van der Waals surface area contributed by atoms with E-state index in [9.17, 15) is 19.7 Å². The maximum atomic E-state index is 13.5. The minimum atomic E-state index is -0.924. The van der Waals surface area contributed by atoms with E-state index in [1.54, 1.807) is 24.4 Å². The Labute approximate surface area is 183 Å². The molecule has 3 heterocycles. The molecule has 154 valence electrons. The van der Waals surface area contributed by atoms with E-state index in [0.717, 1.165) is 0 Å². The first-order valence-electron chi connectivity index (χ1n) is 9.11. The van der Waals surface area contributed by atoms with Gasteiger partial charge in [-0.1, -0.05) is 23.7 Å². The van der Waals surface area contributed by atoms with E-state index in [1.165, 1.54) is 46.6 Å². The molecule has 8 nitrogen and oxygen atoms in total. The van der Waals surface area contributed by atoms with Gasteiger partial charge in [-0.3, -0.25) is 24.6 Å². The molecule has 1 atom stereocenters. The minimum Gasteiger partial charge on any atom is -0.450 e. The molecule has 31 heavy (non-hydrogen) atoms. The number of hydrogen-bond acceptors (Lipinski definition) is 7. The number of non-ortho nitro benzene ring substituents is 1. The molecule has 5 rings (SSSR count). The number of aryl methyl sites for hydroxylation is 1. The lowest BCUT2D eigenvalue weighted by Crippen LogP contribution is -2.29. The van der Waals surface area contributed by atoms with Crippen LogP contribution in [0.3, 0.4) is 0 Å². The molecule has 2 aromatic carbocycles. The molecular weight excluding hydrogens is 442 g/mol. The average Bonchev–Trinajstić information content (AvgIpc) is 3.30. The van der Waals surface area contributed by atoms with Crippen molar-refractivity contribution in [3.05, 3.63) is 95.8 Å². The highest BCUT2D eigenvalue weighted by atomic mass is 35.5. The number of amides is 1. The van der Waals surface area contributed by atoms with Crippen LogP contribution >= 0.6 is 22.9 Å². The Morgan fingerprint density at radius 3 is 2.74 bits per heavy atom. The fourth-order valence-corrected chi connectivity index (χ4v) is 4.72. The van der Waals surface area contributed by atoms with Gasteiger partial charge >= 0.3 is 0 Å². The van der Waals surface area contributed by atoms with Crippen molar-refractivity contribution < 1.29 is 14.1 Å². The van der Waals surface area contributed by atoms with E-state index in [2.05, 4.69) is 4.98 Å². The van der Waals surface area contributed by atoms with E-state index in [0.29, 0.717) is 21.4 Å². The molecule has 0 aliphatic carbocycles. The number of halogens is 1. The summed E-state index contributed by atoms with van der Waals surface area (Å²) in [5.74, 6) is -0.640. The van der Waals surface area contributed by atoms with Crippen LogP contribution in [0.5, 0.6) is 0 Å². The molecule has 0 spiro atoms. The third-order valence-corrected chi connectivity index (χ3v) is 6.23. The SMILES string of the molecule is Cc1csc(N2C(=O)c3oc4ccc(Cl)cc4c(=O)c3C2c2cccc([N+](=O)[O-])c2)n1. The number of aromatic nitrogens is 1. The predicted molar refractivity (Wildman–Crippen MR) is 116 cm³/mol. The number of thiazole rings is 1. The highest BCUT2D eigenvalue weighted by Gasteiger charge is 2.45. The van der Waals surface area contributed by atoms with E-state index in [1.807, 2.05) is 0 Å². The summed E-state index contributed by atoms with van der Waals surface area (Å²) in [6, 6.07) is 9.50. The van der Waals surface area contributed by atoms with Gasteiger partial charge in [0.25, 0.3) is 11.6 Å². The van der Waals surface area contributed by atoms with E-state index < -0.39 is 22.3 Å². The van der Waals surface area contributed by atoms with Crippen LogP contribution in [0.15, 0.2) is 57.1 Å². The Hall–Kier alpha value is -3.56. The Morgan fingerprint density at radius 1 is 1.23 bits per heavy atom. The summed E-state index contributed by atoms with van der Waals surface area (Å²) >= 11 is 7.30. The number of nitro benzene ring substituents is 1. The summed E-state index contributed by atoms with van der Waals surface area (Å²) in [7, 11) is 0. The summed E-state index contributed by atoms with van der Waals surface area (Å²) in [6.07, 6.45) is 0. The second-order valence-electron chi connectivity index (χ2n) is 7.02. The van der Waals surface area contributed by atoms with Gasteiger partial charge < -0.3 is 4.42 Å². The molecular formula is C21H12ClN3O5S. The molecule has 0 fully saturated rings. The Balaban J connectivity index is 1.83. The largest absolute Gasteiger partial charge is 0.450 e. The summed E-state index contributed by atoms with van der Waals surface area (Å²) in [5, 5.41) is 14.1. The first kappa shape index (κ1) is 19.4. The predicted octanol–water partition coefficient (Wildman–Crippen LogP) is 4.87. The maximum Gasteiger partial charge on any atom is 0.297 e. The van der Waals surface area contributed by atoms with Crippen molar-refractivity contribution in [1.82, 2.24) is 4.98 Å². The molecule has 1 unspecified atom stereocenters. The first-order chi connectivity index (χ1) is 14.8. The van der Waals surface area contributed by atoms with Crippen LogP contribution in [-0.4, -0.2) is 15.8 Å². The Kier molecular flexibility index (Phi) is 4.38. The van der Waals surface area contributed by atoms with Gasteiger partial charge in [-0.15, -0.1) is 11.3 Å². The fraction of sp³-hybridized carbons (Fsp3) is 0.0952. The monoisotopic (exact) mass is 453 g/mol. The fourth-order valence-electron chi connectivity index (χ4n) is 3.72. The third kappa shape index (κ3) is 3.01. The standard InChI is InChI=1S/C21H12ClN3O5S/c1-10-9-31-21(23-10)24-17(11-3-2-4-13(7-11)25(28)29)16-18(26)14-8-12(22)5-6-15(14)30-19(16)20(24)27/h2-9,17H,1H3. The summed E-state index contributed by atoms with van der Waals surface area (Å²) < 4.78 is 5.83. The molecule has 4 aromatic rings. The van der Waals surface area contributed by atoms with Crippen LogP contribution in [0.25, 0.3) is 11.0 Å². The number of hydrogen-bond donors (Lipinski definition) is 0. The first-order valence-corrected chi connectivity index (χ1v) is 10.4. The van der Waals surface area contributed by atoms with Gasteiger partial charge in [0.1, 0.15) is 5.58 Å². The summed E-state index contributed by atoms with van der Waals surface area (Å²) in [4.78, 5) is 43.4. The Bertz CT molecular complexity index is 1460. The smallest absolute Gasteiger partial charge is 0.297 e. The number of nitrogens with zero attached hydrogens (tertiary/aromatic N) is 3. The van der Waals surface area contributed by atoms with E-state index in [-0.39, 0.29) is 28.0 Å². The molecule has 1 aliphatic heterocycles. The Morgan fingerprint density at radius 2 is 2.03 bits per heavy atom. The molecule has 2 aromatic heterocycles. The quantitative estimate of drug-likeness (QED) is 0.323. The number of benzene rings is 2. The van der Waals surface area contributed by atoms with Gasteiger partial charge in [-0.05, 0) is 30.7 Å². The highest BCUT2D eigenvalue weighted by Crippen LogP contribution is 2.42. The van der Waals surface area contributed by atoms with Crippen molar-refractivity contribution in [3.8, 4) is 0 Å². The molecule has 0 bridgehead atoms. The average molecular weight is 454 g/mol. The number of fused-ring (bicyclic) bond motifs is 2. The van der Waals surface area contributed by atoms with Crippen LogP contribution < -0.4 is 10.3 Å². The van der Waals surface area contributed by atoms with Gasteiger partial charge in [0.2, 0.25) is 5.76 Å². The summed E-state index contributed by atoms with van der Waals surface area (Å²) in [5.41, 5.74) is 0.881. The van der Waals surface area contributed by atoms with Crippen molar-refractivity contribution in [3.63, 3.8) is 0 Å². The van der Waals surface area contributed by atoms with Gasteiger partial charge in [-0.25, -0.2) is 4.98 Å². The second-order valence-corrected chi connectivity index (χ2v) is 8.29. The molecule has 1 amide bonds. The zero-order valence-electron chi connectivity index (χ0n) is 15.9. The zero-order chi connectivity index (χ0) is 21.9. The van der Waals surface area contributed by atoms with Crippen molar-refractivity contribution in [2.24, 2.45) is 0 Å². The van der Waals surface area contributed by atoms with Crippen LogP contribution in [0.2, 0.25) is 5.02 Å². The van der Waals surface area contributed by atoms with Gasteiger partial charge in [-0.2, -0.15) is 0 Å². The number of anilines is 1. The minimum absolute atomic E-state index is 0.105. The lowest BCUT2D eigenvalue weighted by Gasteiger charge is -2.22. The molecule has 0 radical (unpaired) electrons. The third-order valence-electron chi connectivity index (χ3n) is 5.04. The molecule has 10 heteroatoms. The number of nitro groups is 1. The van der Waals surface area contributed by atoms with E-state index >= 15 is 0 Å². The van der Waals surface area contributed by atoms with Crippen molar-refractivity contribution in [2.45, 2.75) is 13.0 Å². The second kappa shape index (κ2) is 7.00. The molecule has 0 saturated carbocycles. The lowest BCUT2D eigenvalue weighted by atomic mass is 9.98. The maximum absolute atomic E-state index is 13.5. The zero-order valence-corrected chi connectivity index (χ0v) is 17.4.